The number of nitrogens with one attached hydrogen (secondary N) is 2. The van der Waals surface area contributed by atoms with Crippen molar-refractivity contribution in [3.63, 3.8) is 0 Å². The molecule has 1 heterocycles. The highest BCUT2D eigenvalue weighted by Crippen LogP contribution is 2.14. The molecule has 1 aliphatic rings. The van der Waals surface area contributed by atoms with Crippen molar-refractivity contribution in [1.82, 2.24) is 15.5 Å². The lowest BCUT2D eigenvalue weighted by Gasteiger charge is -2.28. The number of ether oxygens (including phenoxy) is 1. The van der Waals surface area contributed by atoms with Crippen LogP contribution in [0.25, 0.3) is 0 Å². The molecule has 3 amide bonds. The van der Waals surface area contributed by atoms with Gasteiger partial charge in [-0.25, -0.2) is 9.59 Å². The van der Waals surface area contributed by atoms with E-state index in [2.05, 4.69) is 10.6 Å². The first-order valence-electron chi connectivity index (χ1n) is 9.35. The summed E-state index contributed by atoms with van der Waals surface area (Å²) in [5.74, 6) is -0.264. The highest BCUT2D eigenvalue weighted by atomic mass is 16.6. The molecule has 1 saturated heterocycles. The van der Waals surface area contributed by atoms with Crippen LogP contribution in [0.2, 0.25) is 0 Å². The summed E-state index contributed by atoms with van der Waals surface area (Å²) in [6, 6.07) is -1.37. The normalized spacial score (nSPS) is 22.0. The first-order chi connectivity index (χ1) is 12.4. The minimum atomic E-state index is -1.09. The molecule has 4 N–H and O–H groups in total. The molecule has 0 aliphatic carbocycles. The molecule has 0 aromatic carbocycles. The summed E-state index contributed by atoms with van der Waals surface area (Å²) in [7, 11) is 0. The molecule has 1 fully saturated rings. The quantitative estimate of drug-likeness (QED) is 0.566. The van der Waals surface area contributed by atoms with E-state index in [1.807, 2.05) is 13.8 Å². The van der Waals surface area contributed by atoms with Gasteiger partial charge in [0.1, 0.15) is 11.6 Å². The molecular formula is C18H33N3O6. The summed E-state index contributed by atoms with van der Waals surface area (Å²) < 4.78 is 5.22. The Labute approximate surface area is 160 Å². The molecule has 9 nitrogen and oxygen atoms in total. The number of nitrogens with zero attached hydrogens (tertiary/aromatic N) is 1. The lowest BCUT2D eigenvalue weighted by atomic mass is 10.0. The summed E-state index contributed by atoms with van der Waals surface area (Å²) in [4.78, 5) is 37.0. The first-order valence-corrected chi connectivity index (χ1v) is 9.35. The molecule has 27 heavy (non-hydrogen) atoms. The maximum Gasteiger partial charge on any atom is 0.408 e. The Kier molecular flexibility index (Phi) is 8.33. The van der Waals surface area contributed by atoms with Gasteiger partial charge in [-0.05, 0) is 46.0 Å². The van der Waals surface area contributed by atoms with E-state index in [1.165, 1.54) is 0 Å². The SMILES string of the molecule is CC(C)C[C@H](NC(=O)OC(C)(C)C)C(=O)NC1CCCN(C(=O)O)CC1O. The molecule has 1 aliphatic heterocycles. The van der Waals surface area contributed by atoms with Gasteiger partial charge in [-0.2, -0.15) is 0 Å². The molecule has 0 aromatic heterocycles. The molecule has 0 spiro atoms. The number of carbonyl (C=O) groups excluding carboxylic acids is 2. The van der Waals surface area contributed by atoms with Gasteiger partial charge in [0, 0.05) is 6.54 Å². The zero-order chi connectivity index (χ0) is 20.8. The Bertz CT molecular complexity index is 532. The van der Waals surface area contributed by atoms with Gasteiger partial charge < -0.3 is 30.5 Å². The van der Waals surface area contributed by atoms with Crippen molar-refractivity contribution in [2.24, 2.45) is 5.92 Å². The zero-order valence-electron chi connectivity index (χ0n) is 16.8. The van der Waals surface area contributed by atoms with Crippen molar-refractivity contribution in [3.8, 4) is 0 Å². The largest absolute Gasteiger partial charge is 0.465 e. The summed E-state index contributed by atoms with van der Waals surface area (Å²) in [5, 5.41) is 24.7. The van der Waals surface area contributed by atoms with Gasteiger partial charge in [0.05, 0.1) is 18.7 Å². The Hall–Kier alpha value is -2.03. The third-order valence-corrected chi connectivity index (χ3v) is 4.13. The van der Waals surface area contributed by atoms with Crippen molar-refractivity contribution < 1.29 is 29.3 Å². The van der Waals surface area contributed by atoms with Crippen LogP contribution in [-0.2, 0) is 9.53 Å². The fourth-order valence-electron chi connectivity index (χ4n) is 2.92. The van der Waals surface area contributed by atoms with Crippen LogP contribution in [0.15, 0.2) is 0 Å². The molecule has 1 rings (SSSR count). The van der Waals surface area contributed by atoms with E-state index >= 15 is 0 Å². The third-order valence-electron chi connectivity index (χ3n) is 4.13. The lowest BCUT2D eigenvalue weighted by Crippen LogP contribution is -2.54. The Morgan fingerprint density at radius 2 is 1.89 bits per heavy atom. The molecule has 0 aromatic rings. The van der Waals surface area contributed by atoms with Crippen LogP contribution in [0, 0.1) is 5.92 Å². The second kappa shape index (κ2) is 9.77. The number of hydrogen-bond acceptors (Lipinski definition) is 5. The maximum atomic E-state index is 12.7. The fourth-order valence-corrected chi connectivity index (χ4v) is 2.92. The number of carboxylic acid groups (broad SMARTS) is 1. The van der Waals surface area contributed by atoms with Gasteiger partial charge in [-0.3, -0.25) is 4.79 Å². The monoisotopic (exact) mass is 387 g/mol. The topological polar surface area (TPSA) is 128 Å². The van der Waals surface area contributed by atoms with Gasteiger partial charge in [-0.1, -0.05) is 13.8 Å². The standard InChI is InChI=1S/C18H33N3O6/c1-11(2)9-13(20-16(24)27-18(3,4)5)15(23)19-12-7-6-8-21(17(25)26)10-14(12)22/h11-14,22H,6-10H2,1-5H3,(H,19,23)(H,20,24)(H,25,26)/t12?,13-,14?/m0/s1. The smallest absolute Gasteiger partial charge is 0.408 e. The maximum absolute atomic E-state index is 12.7. The van der Waals surface area contributed by atoms with Crippen LogP contribution in [0.5, 0.6) is 0 Å². The molecule has 0 bridgehead atoms. The summed E-state index contributed by atoms with van der Waals surface area (Å²) in [6.07, 6.45) is -1.38. The van der Waals surface area contributed by atoms with Crippen molar-refractivity contribution in [3.05, 3.63) is 0 Å². The van der Waals surface area contributed by atoms with E-state index in [0.29, 0.717) is 25.8 Å². The number of hydrogen-bond donors (Lipinski definition) is 4. The predicted molar refractivity (Wildman–Crippen MR) is 99.4 cm³/mol. The van der Waals surface area contributed by atoms with E-state index in [0.717, 1.165) is 4.90 Å². The molecule has 0 radical (unpaired) electrons. The van der Waals surface area contributed by atoms with Gasteiger partial charge in [-0.15, -0.1) is 0 Å². The van der Waals surface area contributed by atoms with Gasteiger partial charge >= 0.3 is 12.2 Å². The zero-order valence-corrected chi connectivity index (χ0v) is 16.8. The summed E-state index contributed by atoms with van der Waals surface area (Å²) in [6.45, 7) is 9.32. The van der Waals surface area contributed by atoms with Crippen LogP contribution in [-0.4, -0.2) is 70.1 Å². The van der Waals surface area contributed by atoms with Crippen LogP contribution < -0.4 is 10.6 Å². The second-order valence-electron chi connectivity index (χ2n) is 8.38. The predicted octanol–water partition coefficient (Wildman–Crippen LogP) is 1.55. The number of aliphatic hydroxyl groups excluding tert-OH is 1. The number of alkyl carbamates (subject to hydrolysis) is 1. The third kappa shape index (κ3) is 8.47. The van der Waals surface area contributed by atoms with Crippen LogP contribution in [0.3, 0.4) is 0 Å². The van der Waals surface area contributed by atoms with E-state index in [9.17, 15) is 19.5 Å². The molecule has 2 unspecified atom stereocenters. The highest BCUT2D eigenvalue weighted by molar-refractivity contribution is 5.86. The van der Waals surface area contributed by atoms with E-state index in [-0.39, 0.29) is 12.5 Å². The van der Waals surface area contributed by atoms with Crippen LogP contribution in [0.4, 0.5) is 9.59 Å². The van der Waals surface area contributed by atoms with Gasteiger partial charge in [0.2, 0.25) is 5.91 Å². The van der Waals surface area contributed by atoms with Crippen molar-refractivity contribution in [1.29, 1.82) is 0 Å². The molecule has 9 heteroatoms. The number of β-amino-alcohol motifs (C(OH)–C–C–N with tert-alkyl or cyclic N) is 1. The highest BCUT2D eigenvalue weighted by Gasteiger charge is 2.32. The summed E-state index contributed by atoms with van der Waals surface area (Å²) >= 11 is 0. The minimum absolute atomic E-state index is 0.0609. The number of rotatable bonds is 5. The minimum Gasteiger partial charge on any atom is -0.465 e. The van der Waals surface area contributed by atoms with Crippen LogP contribution in [0.1, 0.15) is 53.9 Å². The van der Waals surface area contributed by atoms with Gasteiger partial charge in [0.15, 0.2) is 0 Å². The summed E-state index contributed by atoms with van der Waals surface area (Å²) in [5.41, 5.74) is -0.680. The molecule has 156 valence electrons. The van der Waals surface area contributed by atoms with Crippen molar-refractivity contribution in [2.45, 2.75) is 77.7 Å². The Balaban J connectivity index is 2.75. The Morgan fingerprint density at radius 3 is 2.41 bits per heavy atom. The van der Waals surface area contributed by atoms with Crippen molar-refractivity contribution in [2.75, 3.05) is 13.1 Å². The van der Waals surface area contributed by atoms with E-state index in [1.54, 1.807) is 20.8 Å². The lowest BCUT2D eigenvalue weighted by molar-refractivity contribution is -0.125. The second-order valence-corrected chi connectivity index (χ2v) is 8.38. The van der Waals surface area contributed by atoms with E-state index in [4.69, 9.17) is 9.84 Å². The number of carbonyl (C=O) groups is 3. The van der Waals surface area contributed by atoms with E-state index < -0.39 is 41.9 Å². The fraction of sp³-hybridized carbons (Fsp3) is 0.833. The first kappa shape index (κ1) is 23.0. The Morgan fingerprint density at radius 1 is 1.26 bits per heavy atom. The number of amides is 3. The molecular weight excluding hydrogens is 354 g/mol. The number of aliphatic hydroxyl groups is 1. The molecule has 0 saturated carbocycles. The van der Waals surface area contributed by atoms with Crippen molar-refractivity contribution >= 4 is 18.1 Å². The van der Waals surface area contributed by atoms with Crippen LogP contribution >= 0.6 is 0 Å². The average Bonchev–Trinajstić information content (AvgIpc) is 2.66. The average molecular weight is 387 g/mol. The molecule has 3 atom stereocenters. The van der Waals surface area contributed by atoms with Gasteiger partial charge in [0.25, 0.3) is 0 Å². The number of likely N-dealkylation sites (tertiary alicyclic amines) is 1.